The number of ketones is 1. The van der Waals surface area contributed by atoms with Crippen LogP contribution < -0.4 is 0 Å². The summed E-state index contributed by atoms with van der Waals surface area (Å²) in [5, 5.41) is 14.7. The number of unbranched alkanes of at least 4 members (excludes halogenated alkanes) is 1. The maximum absolute atomic E-state index is 12.8. The third-order valence-electron chi connectivity index (χ3n) is 4.70. The Labute approximate surface area is 172 Å². The van der Waals surface area contributed by atoms with Gasteiger partial charge in [-0.05, 0) is 42.2 Å². The molecule has 1 aliphatic rings. The Hall–Kier alpha value is -2.01. The highest BCUT2D eigenvalue weighted by Crippen LogP contribution is 2.35. The standard InChI is InChI=1S/C23H31NO3S/c1-4-7-14-28-19-11-9-17(10-12-19)18-15-21(25)23(22(26)16-18)20(8-5-2)24-27-13-6-3/h6,9-12,18,25H,3-5,7-8,13-16H2,1-2H3/b24-20+. The summed E-state index contributed by atoms with van der Waals surface area (Å²) in [6.45, 7) is 8.08. The number of carbonyl (C=O) groups is 1. The molecule has 0 aromatic heterocycles. The summed E-state index contributed by atoms with van der Waals surface area (Å²) in [4.78, 5) is 19.2. The molecule has 1 unspecified atom stereocenters. The molecule has 0 bridgehead atoms. The number of nitrogens with zero attached hydrogens (tertiary/aromatic N) is 1. The molecule has 0 fully saturated rings. The highest BCUT2D eigenvalue weighted by Gasteiger charge is 2.31. The van der Waals surface area contributed by atoms with Gasteiger partial charge in [0.25, 0.3) is 0 Å². The maximum Gasteiger partial charge on any atom is 0.168 e. The summed E-state index contributed by atoms with van der Waals surface area (Å²) in [5.74, 6) is 1.18. The molecule has 152 valence electrons. The van der Waals surface area contributed by atoms with Gasteiger partial charge in [0, 0.05) is 17.7 Å². The van der Waals surface area contributed by atoms with Gasteiger partial charge in [0.1, 0.15) is 12.4 Å². The Kier molecular flexibility index (Phi) is 9.35. The minimum absolute atomic E-state index is 0.00270. The van der Waals surface area contributed by atoms with Crippen molar-refractivity contribution < 1.29 is 14.7 Å². The summed E-state index contributed by atoms with van der Waals surface area (Å²) in [5.41, 5.74) is 1.97. The Bertz CT molecular complexity index is 722. The number of oxime groups is 1. The highest BCUT2D eigenvalue weighted by atomic mass is 32.2. The Morgan fingerprint density at radius 1 is 1.29 bits per heavy atom. The molecule has 0 radical (unpaired) electrons. The smallest absolute Gasteiger partial charge is 0.168 e. The first-order valence-corrected chi connectivity index (χ1v) is 11.1. The number of allylic oxidation sites excluding steroid dienone is 2. The number of rotatable bonds is 11. The SMILES string of the molecule is C=CCO/N=C(\CCC)C1=C(O)CC(c2ccc(SCCCC)cc2)CC1=O. The second-order valence-electron chi connectivity index (χ2n) is 6.99. The number of aliphatic hydroxyl groups excluding tert-OH is 1. The molecule has 5 heteroatoms. The van der Waals surface area contributed by atoms with Gasteiger partial charge < -0.3 is 9.94 Å². The molecular formula is C23H31NO3S. The van der Waals surface area contributed by atoms with Crippen LogP contribution in [-0.4, -0.2) is 29.0 Å². The van der Waals surface area contributed by atoms with E-state index in [0.717, 1.165) is 17.7 Å². The van der Waals surface area contributed by atoms with Crippen LogP contribution in [0.5, 0.6) is 0 Å². The van der Waals surface area contributed by atoms with Gasteiger partial charge in [-0.15, -0.1) is 11.8 Å². The molecule has 0 amide bonds. The monoisotopic (exact) mass is 401 g/mol. The number of hydrogen-bond acceptors (Lipinski definition) is 5. The van der Waals surface area contributed by atoms with Crippen molar-refractivity contribution in [3.05, 3.63) is 53.8 Å². The summed E-state index contributed by atoms with van der Waals surface area (Å²) < 4.78 is 0. The first-order valence-electron chi connectivity index (χ1n) is 10.1. The molecule has 1 aliphatic carbocycles. The van der Waals surface area contributed by atoms with Crippen molar-refractivity contribution in [3.63, 3.8) is 0 Å². The largest absolute Gasteiger partial charge is 0.511 e. The fourth-order valence-electron chi connectivity index (χ4n) is 3.25. The van der Waals surface area contributed by atoms with Crippen molar-refractivity contribution >= 4 is 23.3 Å². The van der Waals surface area contributed by atoms with Gasteiger partial charge >= 0.3 is 0 Å². The van der Waals surface area contributed by atoms with E-state index < -0.39 is 0 Å². The Morgan fingerprint density at radius 3 is 2.64 bits per heavy atom. The fourth-order valence-corrected chi connectivity index (χ4v) is 4.25. The molecule has 1 atom stereocenters. The van der Waals surface area contributed by atoms with Crippen molar-refractivity contribution in [1.82, 2.24) is 0 Å². The number of Topliss-reactive ketones (excluding diaryl/α,β-unsaturated/α-hetero) is 1. The van der Waals surface area contributed by atoms with Crippen molar-refractivity contribution in [2.24, 2.45) is 5.16 Å². The van der Waals surface area contributed by atoms with Gasteiger partial charge in [0.15, 0.2) is 5.78 Å². The van der Waals surface area contributed by atoms with E-state index in [1.54, 1.807) is 6.08 Å². The number of thioether (sulfide) groups is 1. The molecule has 0 saturated carbocycles. The van der Waals surface area contributed by atoms with Gasteiger partial charge in [-0.25, -0.2) is 0 Å². The van der Waals surface area contributed by atoms with Crippen LogP contribution in [0.2, 0.25) is 0 Å². The van der Waals surface area contributed by atoms with Crippen LogP contribution in [0.25, 0.3) is 0 Å². The van der Waals surface area contributed by atoms with Gasteiger partial charge in [0.2, 0.25) is 0 Å². The lowest BCUT2D eigenvalue weighted by molar-refractivity contribution is -0.116. The third kappa shape index (κ3) is 6.26. The number of aliphatic hydroxyl groups is 1. The van der Waals surface area contributed by atoms with E-state index in [9.17, 15) is 9.90 Å². The summed E-state index contributed by atoms with van der Waals surface area (Å²) in [6.07, 6.45) is 6.26. The van der Waals surface area contributed by atoms with Crippen LogP contribution in [0, 0.1) is 0 Å². The van der Waals surface area contributed by atoms with Gasteiger partial charge in [-0.2, -0.15) is 0 Å². The molecular weight excluding hydrogens is 370 g/mol. The quantitative estimate of drug-likeness (QED) is 0.158. The van der Waals surface area contributed by atoms with Crippen LogP contribution >= 0.6 is 11.8 Å². The van der Waals surface area contributed by atoms with E-state index in [1.165, 1.54) is 17.7 Å². The molecule has 0 aliphatic heterocycles. The fraction of sp³-hybridized carbons (Fsp3) is 0.478. The van der Waals surface area contributed by atoms with E-state index in [4.69, 9.17) is 4.84 Å². The predicted molar refractivity (Wildman–Crippen MR) is 117 cm³/mol. The zero-order valence-electron chi connectivity index (χ0n) is 16.9. The summed E-state index contributed by atoms with van der Waals surface area (Å²) in [7, 11) is 0. The van der Waals surface area contributed by atoms with E-state index in [-0.39, 0.29) is 24.1 Å². The van der Waals surface area contributed by atoms with E-state index in [1.807, 2.05) is 18.7 Å². The highest BCUT2D eigenvalue weighted by molar-refractivity contribution is 7.99. The molecule has 0 heterocycles. The molecule has 1 aromatic carbocycles. The number of carbonyl (C=O) groups excluding carboxylic acids is 1. The lowest BCUT2D eigenvalue weighted by Gasteiger charge is -2.24. The molecule has 0 saturated heterocycles. The van der Waals surface area contributed by atoms with Gasteiger partial charge in [-0.1, -0.05) is 56.6 Å². The van der Waals surface area contributed by atoms with Crippen LogP contribution in [-0.2, 0) is 9.63 Å². The van der Waals surface area contributed by atoms with E-state index in [2.05, 4.69) is 42.9 Å². The second-order valence-corrected chi connectivity index (χ2v) is 8.16. The van der Waals surface area contributed by atoms with Gasteiger partial charge in [-0.3, -0.25) is 4.79 Å². The Morgan fingerprint density at radius 2 is 2.04 bits per heavy atom. The molecule has 1 N–H and O–H groups in total. The van der Waals surface area contributed by atoms with Crippen molar-refractivity contribution in [2.75, 3.05) is 12.4 Å². The minimum atomic E-state index is -0.0652. The normalized spacial score (nSPS) is 17.7. The topological polar surface area (TPSA) is 58.9 Å². The van der Waals surface area contributed by atoms with Crippen molar-refractivity contribution in [3.8, 4) is 0 Å². The van der Waals surface area contributed by atoms with Crippen LogP contribution in [0.1, 0.15) is 63.9 Å². The predicted octanol–water partition coefficient (Wildman–Crippen LogP) is 6.20. The zero-order valence-corrected chi connectivity index (χ0v) is 17.8. The minimum Gasteiger partial charge on any atom is -0.511 e. The lowest BCUT2D eigenvalue weighted by atomic mass is 9.81. The molecule has 0 spiro atoms. The average molecular weight is 402 g/mol. The number of benzene rings is 1. The van der Waals surface area contributed by atoms with Crippen molar-refractivity contribution in [2.45, 2.75) is 63.2 Å². The van der Waals surface area contributed by atoms with E-state index in [0.29, 0.717) is 30.5 Å². The van der Waals surface area contributed by atoms with Gasteiger partial charge in [0.05, 0.1) is 11.3 Å². The Balaban J connectivity index is 2.13. The maximum atomic E-state index is 12.8. The molecule has 2 rings (SSSR count). The average Bonchev–Trinajstić information content (AvgIpc) is 2.68. The van der Waals surface area contributed by atoms with Crippen LogP contribution in [0.15, 0.2) is 58.3 Å². The first-order chi connectivity index (χ1) is 13.6. The number of hydrogen-bond donors (Lipinski definition) is 1. The molecule has 28 heavy (non-hydrogen) atoms. The third-order valence-corrected chi connectivity index (χ3v) is 5.80. The van der Waals surface area contributed by atoms with Crippen molar-refractivity contribution in [1.29, 1.82) is 0 Å². The summed E-state index contributed by atoms with van der Waals surface area (Å²) >= 11 is 1.86. The molecule has 4 nitrogen and oxygen atoms in total. The zero-order chi connectivity index (χ0) is 20.4. The van der Waals surface area contributed by atoms with Crippen LogP contribution in [0.3, 0.4) is 0 Å². The lowest BCUT2D eigenvalue weighted by Crippen LogP contribution is -2.24. The molecule has 1 aromatic rings. The van der Waals surface area contributed by atoms with Crippen LogP contribution in [0.4, 0.5) is 0 Å². The second kappa shape index (κ2) is 11.7. The van der Waals surface area contributed by atoms with E-state index >= 15 is 0 Å². The first kappa shape index (κ1) is 22.3. The summed E-state index contributed by atoms with van der Waals surface area (Å²) in [6, 6.07) is 8.39.